The summed E-state index contributed by atoms with van der Waals surface area (Å²) in [4.78, 5) is 27.5. The van der Waals surface area contributed by atoms with Crippen molar-refractivity contribution in [1.29, 1.82) is 0 Å². The molecular weight excluding hydrogens is 310 g/mol. The first kappa shape index (κ1) is 17.7. The number of rotatable bonds is 6. The topological polar surface area (TPSA) is 105 Å². The number of nitrogens with one attached hydrogen (secondary N) is 1. The minimum absolute atomic E-state index is 0.0141. The second-order valence-corrected chi connectivity index (χ2v) is 6.78. The fourth-order valence-corrected chi connectivity index (χ4v) is 2.09. The maximum absolute atomic E-state index is 12.2. The van der Waals surface area contributed by atoms with Gasteiger partial charge in [-0.25, -0.2) is 4.79 Å². The van der Waals surface area contributed by atoms with Crippen LogP contribution in [0.2, 0.25) is 0 Å². The highest BCUT2D eigenvalue weighted by molar-refractivity contribution is 5.95. The number of amides is 1. The van der Waals surface area contributed by atoms with Crippen LogP contribution in [0.15, 0.2) is 35.1 Å². The molecule has 128 valence electrons. The van der Waals surface area contributed by atoms with Crippen molar-refractivity contribution in [1.82, 2.24) is 15.5 Å². The van der Waals surface area contributed by atoms with Crippen molar-refractivity contribution < 1.29 is 19.2 Å². The Labute approximate surface area is 140 Å². The smallest absolute Gasteiger partial charge is 0.326 e. The summed E-state index contributed by atoms with van der Waals surface area (Å²) >= 11 is 0. The summed E-state index contributed by atoms with van der Waals surface area (Å²) in [6, 6.07) is 4.02. The van der Waals surface area contributed by atoms with Crippen LogP contribution in [0.5, 0.6) is 0 Å². The van der Waals surface area contributed by atoms with E-state index in [4.69, 9.17) is 4.52 Å². The molecule has 7 heteroatoms. The maximum atomic E-state index is 12.2. The van der Waals surface area contributed by atoms with Crippen molar-refractivity contribution in [3.8, 4) is 11.3 Å². The summed E-state index contributed by atoms with van der Waals surface area (Å²) in [7, 11) is 0. The largest absolute Gasteiger partial charge is 0.480 e. The molecule has 1 atom stereocenters. The summed E-state index contributed by atoms with van der Waals surface area (Å²) in [5, 5.41) is 15.5. The van der Waals surface area contributed by atoms with Crippen LogP contribution in [0, 0.1) is 5.41 Å². The first-order valence-corrected chi connectivity index (χ1v) is 7.67. The fourth-order valence-electron chi connectivity index (χ4n) is 2.09. The van der Waals surface area contributed by atoms with Crippen LogP contribution in [0.1, 0.15) is 44.1 Å². The highest BCUT2D eigenvalue weighted by Gasteiger charge is 2.24. The van der Waals surface area contributed by atoms with Crippen LogP contribution in [-0.2, 0) is 4.79 Å². The summed E-state index contributed by atoms with van der Waals surface area (Å²) in [5.41, 5.74) is 0.710. The lowest BCUT2D eigenvalue weighted by molar-refractivity contribution is -0.139. The Kier molecular flexibility index (Phi) is 5.33. The van der Waals surface area contributed by atoms with Crippen molar-refractivity contribution in [3.05, 3.63) is 36.3 Å². The van der Waals surface area contributed by atoms with E-state index in [0.717, 1.165) is 0 Å². The lowest BCUT2D eigenvalue weighted by Crippen LogP contribution is -2.41. The summed E-state index contributed by atoms with van der Waals surface area (Å²) in [5.74, 6) is -1.24. The lowest BCUT2D eigenvalue weighted by atomic mass is 9.88. The molecule has 7 nitrogen and oxygen atoms in total. The molecule has 0 aliphatic carbocycles. The molecule has 2 aromatic rings. The molecule has 0 aromatic carbocycles. The van der Waals surface area contributed by atoms with Crippen molar-refractivity contribution >= 4 is 11.9 Å². The lowest BCUT2D eigenvalue weighted by Gasteiger charge is -2.21. The highest BCUT2D eigenvalue weighted by Crippen LogP contribution is 2.22. The summed E-state index contributed by atoms with van der Waals surface area (Å²) in [6.45, 7) is 6.06. The van der Waals surface area contributed by atoms with Gasteiger partial charge in [-0.1, -0.05) is 25.9 Å². The molecule has 1 amide bonds. The third-order valence-corrected chi connectivity index (χ3v) is 3.48. The minimum atomic E-state index is -1.07. The summed E-state index contributed by atoms with van der Waals surface area (Å²) < 4.78 is 5.13. The third-order valence-electron chi connectivity index (χ3n) is 3.48. The van der Waals surface area contributed by atoms with E-state index in [1.807, 2.05) is 20.8 Å². The standard InChI is InChI=1S/C17H21N3O4/c1-17(2,3)7-6-12(16(22)23)19-15(21)13-9-14(24-20-13)11-5-4-8-18-10-11/h4-5,8-10,12H,6-7H2,1-3H3,(H,19,21)(H,22,23). The van der Waals surface area contributed by atoms with Gasteiger partial charge in [0.25, 0.3) is 5.91 Å². The quantitative estimate of drug-likeness (QED) is 0.843. The highest BCUT2D eigenvalue weighted by atomic mass is 16.5. The molecule has 0 saturated carbocycles. The number of carbonyl (C=O) groups excluding carboxylic acids is 1. The van der Waals surface area contributed by atoms with Gasteiger partial charge in [0, 0.05) is 24.0 Å². The predicted octanol–water partition coefficient (Wildman–Crippen LogP) is 2.75. The van der Waals surface area contributed by atoms with E-state index in [9.17, 15) is 14.7 Å². The Bertz CT molecular complexity index is 704. The Morgan fingerprint density at radius 3 is 2.71 bits per heavy atom. The van der Waals surface area contributed by atoms with E-state index in [1.54, 1.807) is 24.5 Å². The van der Waals surface area contributed by atoms with Crippen molar-refractivity contribution in [2.24, 2.45) is 5.41 Å². The van der Waals surface area contributed by atoms with Crippen molar-refractivity contribution in [2.45, 2.75) is 39.7 Å². The van der Waals surface area contributed by atoms with Gasteiger partial charge in [-0.2, -0.15) is 0 Å². The predicted molar refractivity (Wildman–Crippen MR) is 87.3 cm³/mol. The number of nitrogens with zero attached hydrogens (tertiary/aromatic N) is 2. The number of aromatic nitrogens is 2. The van der Waals surface area contributed by atoms with Crippen LogP contribution in [0.3, 0.4) is 0 Å². The Balaban J connectivity index is 2.05. The molecule has 2 heterocycles. The fraction of sp³-hybridized carbons (Fsp3) is 0.412. The number of carboxylic acids is 1. The van der Waals surface area contributed by atoms with E-state index in [2.05, 4.69) is 15.5 Å². The Morgan fingerprint density at radius 2 is 2.12 bits per heavy atom. The van der Waals surface area contributed by atoms with E-state index in [0.29, 0.717) is 24.2 Å². The maximum Gasteiger partial charge on any atom is 0.326 e. The molecule has 0 bridgehead atoms. The van der Waals surface area contributed by atoms with Crippen LogP contribution < -0.4 is 5.32 Å². The second-order valence-electron chi connectivity index (χ2n) is 6.78. The van der Waals surface area contributed by atoms with E-state index in [1.165, 1.54) is 6.07 Å². The number of carboxylic acid groups (broad SMARTS) is 1. The van der Waals surface area contributed by atoms with Gasteiger partial charge in [0.1, 0.15) is 6.04 Å². The van der Waals surface area contributed by atoms with E-state index in [-0.39, 0.29) is 11.1 Å². The SMILES string of the molecule is CC(C)(C)CCC(NC(=O)c1cc(-c2cccnc2)on1)C(=O)O. The zero-order chi connectivity index (χ0) is 17.7. The molecule has 0 fully saturated rings. The molecule has 0 spiro atoms. The molecule has 2 rings (SSSR count). The zero-order valence-electron chi connectivity index (χ0n) is 13.9. The van der Waals surface area contributed by atoms with Gasteiger partial charge in [-0.05, 0) is 30.4 Å². The number of carbonyl (C=O) groups is 2. The number of hydrogen-bond acceptors (Lipinski definition) is 5. The van der Waals surface area contributed by atoms with Crippen LogP contribution in [-0.4, -0.2) is 33.2 Å². The van der Waals surface area contributed by atoms with Crippen molar-refractivity contribution in [3.63, 3.8) is 0 Å². The molecule has 0 saturated heterocycles. The van der Waals surface area contributed by atoms with Gasteiger partial charge in [0.05, 0.1) is 0 Å². The van der Waals surface area contributed by atoms with Gasteiger partial charge in [0.2, 0.25) is 0 Å². The van der Waals surface area contributed by atoms with Crippen LogP contribution in [0.4, 0.5) is 0 Å². The molecule has 2 aromatic heterocycles. The second kappa shape index (κ2) is 7.25. The van der Waals surface area contributed by atoms with Gasteiger partial charge in [0.15, 0.2) is 11.5 Å². The van der Waals surface area contributed by atoms with E-state index >= 15 is 0 Å². The minimum Gasteiger partial charge on any atom is -0.480 e. The molecule has 2 N–H and O–H groups in total. The van der Waals surface area contributed by atoms with Gasteiger partial charge in [-0.3, -0.25) is 9.78 Å². The molecule has 0 radical (unpaired) electrons. The van der Waals surface area contributed by atoms with Crippen LogP contribution >= 0.6 is 0 Å². The number of pyridine rings is 1. The molecular formula is C17H21N3O4. The molecule has 24 heavy (non-hydrogen) atoms. The Morgan fingerprint density at radius 1 is 1.38 bits per heavy atom. The third kappa shape index (κ3) is 4.91. The van der Waals surface area contributed by atoms with Crippen LogP contribution in [0.25, 0.3) is 11.3 Å². The molecule has 0 aliphatic heterocycles. The first-order chi connectivity index (χ1) is 11.3. The van der Waals surface area contributed by atoms with Gasteiger partial charge >= 0.3 is 5.97 Å². The average Bonchev–Trinajstić information content (AvgIpc) is 3.01. The molecule has 0 aliphatic rings. The summed E-state index contributed by atoms with van der Waals surface area (Å²) in [6.07, 6.45) is 4.23. The Hall–Kier alpha value is -2.70. The average molecular weight is 331 g/mol. The number of aliphatic carboxylic acids is 1. The molecule has 1 unspecified atom stereocenters. The monoisotopic (exact) mass is 331 g/mol. The van der Waals surface area contributed by atoms with Gasteiger partial charge < -0.3 is 14.9 Å². The zero-order valence-corrected chi connectivity index (χ0v) is 13.9. The first-order valence-electron chi connectivity index (χ1n) is 7.67. The normalized spacial score (nSPS) is 12.6. The van der Waals surface area contributed by atoms with E-state index < -0.39 is 17.9 Å². The van der Waals surface area contributed by atoms with Gasteiger partial charge in [-0.15, -0.1) is 0 Å². The number of hydrogen-bond donors (Lipinski definition) is 2. The van der Waals surface area contributed by atoms with Crippen molar-refractivity contribution in [2.75, 3.05) is 0 Å².